The molecule has 1 N–H and O–H groups in total. The van der Waals surface area contributed by atoms with Gasteiger partial charge in [0.2, 0.25) is 0 Å². The summed E-state index contributed by atoms with van der Waals surface area (Å²) in [5.74, 6) is 5.72. The van der Waals surface area contributed by atoms with E-state index in [-0.39, 0.29) is 6.10 Å². The zero-order chi connectivity index (χ0) is 6.46. The first-order chi connectivity index (χ1) is 4.88. The lowest BCUT2D eigenvalue weighted by Gasteiger charge is -2.28. The molecule has 1 heteroatoms. The maximum Gasteiger partial charge on any atom is 0.0602 e. The second-order valence-corrected chi connectivity index (χ2v) is 4.78. The summed E-state index contributed by atoms with van der Waals surface area (Å²) in [5.41, 5.74) is 0. The molecule has 7 atom stereocenters. The summed E-state index contributed by atoms with van der Waals surface area (Å²) in [6, 6.07) is 0. The van der Waals surface area contributed by atoms with Crippen LogP contribution in [0.1, 0.15) is 12.8 Å². The Balaban J connectivity index is 1.88. The molecule has 1 nitrogen and oxygen atoms in total. The molecule has 5 rings (SSSR count). The lowest BCUT2D eigenvalue weighted by Crippen LogP contribution is -2.25. The summed E-state index contributed by atoms with van der Waals surface area (Å²) in [4.78, 5) is 0. The van der Waals surface area contributed by atoms with Gasteiger partial charge in [0.1, 0.15) is 0 Å². The van der Waals surface area contributed by atoms with Crippen LogP contribution in [0.2, 0.25) is 0 Å². The van der Waals surface area contributed by atoms with E-state index in [0.29, 0.717) is 0 Å². The largest absolute Gasteiger partial charge is 0.393 e. The topological polar surface area (TPSA) is 20.2 Å². The molecular weight excluding hydrogens is 124 g/mol. The minimum atomic E-state index is 0.130. The highest BCUT2D eigenvalue weighted by molar-refractivity contribution is 5.25. The number of aliphatic hydroxyl groups is 1. The normalized spacial score (nSPS) is 80.7. The monoisotopic (exact) mass is 136 g/mol. The van der Waals surface area contributed by atoms with Crippen molar-refractivity contribution in [2.45, 2.75) is 18.9 Å². The summed E-state index contributed by atoms with van der Waals surface area (Å²) in [6.07, 6.45) is 2.89. The first kappa shape index (κ1) is 4.76. The fourth-order valence-electron chi connectivity index (χ4n) is 4.46. The Morgan fingerprint density at radius 1 is 0.900 bits per heavy atom. The third-order valence-electron chi connectivity index (χ3n) is 4.76. The Hall–Kier alpha value is -0.0400. The van der Waals surface area contributed by atoms with Gasteiger partial charge in [-0.25, -0.2) is 0 Å². The highest BCUT2D eigenvalue weighted by Crippen LogP contribution is 2.80. The van der Waals surface area contributed by atoms with Crippen LogP contribution in [0.15, 0.2) is 0 Å². The van der Waals surface area contributed by atoms with Gasteiger partial charge in [-0.05, 0) is 48.3 Å². The van der Waals surface area contributed by atoms with Crippen molar-refractivity contribution in [2.24, 2.45) is 35.5 Å². The second kappa shape index (κ2) is 1.08. The van der Waals surface area contributed by atoms with E-state index in [1.54, 1.807) is 0 Å². The van der Waals surface area contributed by atoms with Gasteiger partial charge in [0.25, 0.3) is 0 Å². The third kappa shape index (κ3) is 0.268. The molecular formula is C9H12O. The zero-order valence-electron chi connectivity index (χ0n) is 5.90. The van der Waals surface area contributed by atoms with Crippen molar-refractivity contribution in [1.29, 1.82) is 0 Å². The van der Waals surface area contributed by atoms with E-state index >= 15 is 0 Å². The molecule has 0 radical (unpaired) electrons. The Bertz CT molecular complexity index is 193. The molecule has 10 heavy (non-hydrogen) atoms. The first-order valence-corrected chi connectivity index (χ1v) is 4.56. The van der Waals surface area contributed by atoms with Crippen LogP contribution in [0.4, 0.5) is 0 Å². The summed E-state index contributed by atoms with van der Waals surface area (Å²) < 4.78 is 0. The molecule has 54 valence electrons. The maximum atomic E-state index is 9.72. The third-order valence-corrected chi connectivity index (χ3v) is 4.76. The minimum Gasteiger partial charge on any atom is -0.393 e. The molecule has 0 spiro atoms. The number of rotatable bonds is 0. The predicted octanol–water partition coefficient (Wildman–Crippen LogP) is 0.879. The van der Waals surface area contributed by atoms with Gasteiger partial charge < -0.3 is 5.11 Å². The van der Waals surface area contributed by atoms with Crippen LogP contribution in [0, 0.1) is 35.5 Å². The van der Waals surface area contributed by atoms with Gasteiger partial charge in [-0.15, -0.1) is 0 Å². The highest BCUT2D eigenvalue weighted by Gasteiger charge is 2.77. The smallest absolute Gasteiger partial charge is 0.0602 e. The van der Waals surface area contributed by atoms with Gasteiger partial charge in [-0.3, -0.25) is 0 Å². The molecule has 0 amide bonds. The maximum absolute atomic E-state index is 9.72. The lowest BCUT2D eigenvalue weighted by molar-refractivity contribution is 0.0608. The van der Waals surface area contributed by atoms with Gasteiger partial charge in [0.15, 0.2) is 0 Å². The Morgan fingerprint density at radius 2 is 1.50 bits per heavy atom. The van der Waals surface area contributed by atoms with Gasteiger partial charge >= 0.3 is 0 Å². The molecule has 0 aromatic carbocycles. The van der Waals surface area contributed by atoms with Crippen molar-refractivity contribution in [3.05, 3.63) is 0 Å². The Morgan fingerprint density at radius 3 is 2.10 bits per heavy atom. The van der Waals surface area contributed by atoms with E-state index < -0.39 is 0 Å². The van der Waals surface area contributed by atoms with Crippen molar-refractivity contribution in [2.75, 3.05) is 0 Å². The number of hydrogen-bond donors (Lipinski definition) is 1. The van der Waals surface area contributed by atoms with Crippen LogP contribution in [-0.2, 0) is 0 Å². The molecule has 5 unspecified atom stereocenters. The highest BCUT2D eigenvalue weighted by atomic mass is 16.3. The van der Waals surface area contributed by atoms with Crippen molar-refractivity contribution in [3.8, 4) is 0 Å². The molecule has 0 heterocycles. The standard InChI is InChI=1S/C9H12O/c10-9-3-1-4-5(2-3)7-6(4)8(7)9/h3-10H,1-2H2/t3?,4-,5+,6?,7?,8?,9?. The molecule has 4 bridgehead atoms. The summed E-state index contributed by atoms with van der Waals surface area (Å²) in [6.45, 7) is 0. The molecule has 0 aromatic rings. The number of hydrogen-bond acceptors (Lipinski definition) is 1. The van der Waals surface area contributed by atoms with E-state index in [1.807, 2.05) is 0 Å². The quantitative estimate of drug-likeness (QED) is 0.524. The van der Waals surface area contributed by atoms with Gasteiger partial charge in [0, 0.05) is 0 Å². The van der Waals surface area contributed by atoms with Crippen molar-refractivity contribution in [3.63, 3.8) is 0 Å². The summed E-state index contributed by atoms with van der Waals surface area (Å²) >= 11 is 0. The molecule has 0 aromatic heterocycles. The van der Waals surface area contributed by atoms with E-state index in [0.717, 1.165) is 35.5 Å². The molecule has 0 aliphatic heterocycles. The van der Waals surface area contributed by atoms with Crippen LogP contribution in [0.3, 0.4) is 0 Å². The fourth-order valence-corrected chi connectivity index (χ4v) is 4.46. The van der Waals surface area contributed by atoms with Crippen LogP contribution in [0.5, 0.6) is 0 Å². The average Bonchev–Trinajstić information content (AvgIpc) is 2.54. The van der Waals surface area contributed by atoms with Crippen molar-refractivity contribution in [1.82, 2.24) is 0 Å². The lowest BCUT2D eigenvalue weighted by atomic mass is 9.77. The Labute approximate surface area is 60.4 Å². The minimum absolute atomic E-state index is 0.130. The predicted molar refractivity (Wildman–Crippen MR) is 36.2 cm³/mol. The molecule has 5 aliphatic rings. The molecule has 5 fully saturated rings. The van der Waals surface area contributed by atoms with E-state index in [2.05, 4.69) is 0 Å². The van der Waals surface area contributed by atoms with E-state index in [4.69, 9.17) is 0 Å². The van der Waals surface area contributed by atoms with Crippen LogP contribution in [0.25, 0.3) is 0 Å². The second-order valence-electron chi connectivity index (χ2n) is 4.78. The summed E-state index contributed by atoms with van der Waals surface area (Å²) in [5, 5.41) is 9.72. The fraction of sp³-hybridized carbons (Fsp3) is 1.00. The molecule has 5 aliphatic carbocycles. The molecule has 5 saturated carbocycles. The van der Waals surface area contributed by atoms with Crippen LogP contribution >= 0.6 is 0 Å². The zero-order valence-corrected chi connectivity index (χ0v) is 5.90. The van der Waals surface area contributed by atoms with Crippen molar-refractivity contribution < 1.29 is 5.11 Å². The molecule has 0 saturated heterocycles. The van der Waals surface area contributed by atoms with Crippen LogP contribution in [-0.4, -0.2) is 11.2 Å². The van der Waals surface area contributed by atoms with Gasteiger partial charge in [0.05, 0.1) is 6.10 Å². The SMILES string of the molecule is OC1C2C[C@@H]3C4C1C4[C@@H]3C2. The van der Waals surface area contributed by atoms with Gasteiger partial charge in [-0.2, -0.15) is 0 Å². The van der Waals surface area contributed by atoms with E-state index in [9.17, 15) is 5.11 Å². The first-order valence-electron chi connectivity index (χ1n) is 4.56. The van der Waals surface area contributed by atoms with E-state index in [1.165, 1.54) is 12.8 Å². The number of aliphatic hydroxyl groups excluding tert-OH is 1. The Kier molecular flexibility index (Phi) is 0.513. The summed E-state index contributed by atoms with van der Waals surface area (Å²) in [7, 11) is 0. The van der Waals surface area contributed by atoms with Gasteiger partial charge in [-0.1, -0.05) is 0 Å². The average molecular weight is 136 g/mol. The van der Waals surface area contributed by atoms with Crippen LogP contribution < -0.4 is 0 Å². The van der Waals surface area contributed by atoms with Crippen molar-refractivity contribution >= 4 is 0 Å².